The molecule has 0 aliphatic carbocycles. The molecule has 1 aromatic carbocycles. The first-order valence-corrected chi connectivity index (χ1v) is 5.37. The molecule has 1 heterocycles. The summed E-state index contributed by atoms with van der Waals surface area (Å²) >= 11 is 0. The van der Waals surface area contributed by atoms with Crippen LogP contribution in [0.5, 0.6) is 5.75 Å². The van der Waals surface area contributed by atoms with E-state index < -0.39 is 5.54 Å². The third-order valence-electron chi connectivity index (χ3n) is 3.37. The predicted octanol–water partition coefficient (Wildman–Crippen LogP) is 1.31. The summed E-state index contributed by atoms with van der Waals surface area (Å²) in [7, 11) is 3.33. The van der Waals surface area contributed by atoms with Crippen LogP contribution in [0, 0.1) is 5.82 Å². The number of rotatable bonds is 2. The lowest BCUT2D eigenvalue weighted by molar-refractivity contribution is 0.247. The molecule has 1 aromatic rings. The fourth-order valence-electron chi connectivity index (χ4n) is 2.14. The number of halogens is 1. The molecule has 0 saturated carbocycles. The van der Waals surface area contributed by atoms with Gasteiger partial charge in [0, 0.05) is 7.05 Å². The van der Waals surface area contributed by atoms with Gasteiger partial charge in [-0.05, 0) is 19.1 Å². The largest absolute Gasteiger partial charge is 0.496 e. The van der Waals surface area contributed by atoms with E-state index in [9.17, 15) is 4.39 Å². The van der Waals surface area contributed by atoms with Crippen LogP contribution >= 0.6 is 0 Å². The summed E-state index contributed by atoms with van der Waals surface area (Å²) in [6, 6.07) is 4.79. The van der Waals surface area contributed by atoms with E-state index >= 15 is 0 Å². The van der Waals surface area contributed by atoms with Crippen molar-refractivity contribution in [3.63, 3.8) is 0 Å². The maximum Gasteiger partial charge on any atom is 0.191 e. The number of nitrogens with two attached hydrogens (primary N) is 1. The maximum absolute atomic E-state index is 14.0. The molecule has 92 valence electrons. The Morgan fingerprint density at radius 2 is 2.24 bits per heavy atom. The van der Waals surface area contributed by atoms with E-state index in [1.807, 2.05) is 6.92 Å². The predicted molar refractivity (Wildman–Crippen MR) is 64.6 cm³/mol. The van der Waals surface area contributed by atoms with E-state index in [-0.39, 0.29) is 5.82 Å². The number of nitrogens with zero attached hydrogens (tertiary/aromatic N) is 2. The first kappa shape index (κ1) is 11.7. The summed E-state index contributed by atoms with van der Waals surface area (Å²) < 4.78 is 19.3. The van der Waals surface area contributed by atoms with Crippen molar-refractivity contribution in [1.82, 2.24) is 4.90 Å². The summed E-state index contributed by atoms with van der Waals surface area (Å²) in [6.07, 6.45) is 0. The normalized spacial score (nSPS) is 23.8. The molecule has 1 atom stereocenters. The standard InChI is InChI=1S/C12H16FN3O/c1-12(7-15-11(14)16(12)2)10-8(13)5-4-6-9(10)17-3/h4-6H,7H2,1-3H3,(H2,14,15). The molecule has 0 saturated heterocycles. The number of hydrogen-bond acceptors (Lipinski definition) is 4. The van der Waals surface area contributed by atoms with Gasteiger partial charge in [-0.1, -0.05) is 6.07 Å². The minimum Gasteiger partial charge on any atom is -0.496 e. The van der Waals surface area contributed by atoms with Crippen molar-refractivity contribution in [2.45, 2.75) is 12.5 Å². The SMILES string of the molecule is COc1cccc(F)c1C1(C)CN=C(N)N1C. The molecule has 2 rings (SSSR count). The van der Waals surface area contributed by atoms with E-state index in [1.165, 1.54) is 13.2 Å². The second kappa shape index (κ2) is 3.91. The van der Waals surface area contributed by atoms with Crippen molar-refractivity contribution in [3.05, 3.63) is 29.6 Å². The van der Waals surface area contributed by atoms with Crippen LogP contribution in [-0.4, -0.2) is 31.6 Å². The zero-order valence-electron chi connectivity index (χ0n) is 10.2. The van der Waals surface area contributed by atoms with Gasteiger partial charge in [-0.3, -0.25) is 4.99 Å². The lowest BCUT2D eigenvalue weighted by atomic mass is 9.90. The number of benzene rings is 1. The molecular formula is C12H16FN3O. The van der Waals surface area contributed by atoms with E-state index in [1.54, 1.807) is 24.1 Å². The fraction of sp³-hybridized carbons (Fsp3) is 0.417. The van der Waals surface area contributed by atoms with Crippen LogP contribution in [0.4, 0.5) is 4.39 Å². The van der Waals surface area contributed by atoms with Crippen LogP contribution < -0.4 is 10.5 Å². The fourth-order valence-corrected chi connectivity index (χ4v) is 2.14. The lowest BCUT2D eigenvalue weighted by Crippen LogP contribution is -2.45. The molecule has 5 heteroatoms. The zero-order valence-corrected chi connectivity index (χ0v) is 10.2. The van der Waals surface area contributed by atoms with E-state index in [2.05, 4.69) is 4.99 Å². The quantitative estimate of drug-likeness (QED) is 0.843. The Labute approximate surface area is 99.9 Å². The zero-order chi connectivity index (χ0) is 12.6. The van der Waals surface area contributed by atoms with E-state index in [0.29, 0.717) is 23.8 Å². The Kier molecular flexibility index (Phi) is 2.69. The maximum atomic E-state index is 14.0. The van der Waals surface area contributed by atoms with Gasteiger partial charge < -0.3 is 15.4 Å². The molecule has 2 N–H and O–H groups in total. The van der Waals surface area contributed by atoms with E-state index in [4.69, 9.17) is 10.5 Å². The number of methoxy groups -OCH3 is 1. The molecule has 0 aromatic heterocycles. The highest BCUT2D eigenvalue weighted by Crippen LogP contribution is 2.38. The molecule has 1 aliphatic rings. The average molecular weight is 237 g/mol. The summed E-state index contributed by atoms with van der Waals surface area (Å²) in [5.41, 5.74) is 5.64. The van der Waals surface area contributed by atoms with Crippen LogP contribution in [0.15, 0.2) is 23.2 Å². The van der Waals surface area contributed by atoms with Crippen molar-refractivity contribution in [2.24, 2.45) is 10.7 Å². The van der Waals surface area contributed by atoms with Crippen molar-refractivity contribution >= 4 is 5.96 Å². The molecule has 1 aliphatic heterocycles. The molecular weight excluding hydrogens is 221 g/mol. The minimum atomic E-state index is -0.596. The Bertz CT molecular complexity index is 475. The molecule has 0 bridgehead atoms. The van der Waals surface area contributed by atoms with Gasteiger partial charge in [0.25, 0.3) is 0 Å². The van der Waals surface area contributed by atoms with Gasteiger partial charge in [0.15, 0.2) is 5.96 Å². The van der Waals surface area contributed by atoms with Crippen molar-refractivity contribution in [2.75, 3.05) is 20.7 Å². The van der Waals surface area contributed by atoms with Gasteiger partial charge >= 0.3 is 0 Å². The molecule has 0 spiro atoms. The third kappa shape index (κ3) is 1.62. The average Bonchev–Trinajstić information content (AvgIpc) is 2.57. The molecule has 4 nitrogen and oxygen atoms in total. The van der Waals surface area contributed by atoms with Gasteiger partial charge in [0.05, 0.1) is 24.8 Å². The first-order chi connectivity index (χ1) is 8.00. The number of aliphatic imine (C=N–C) groups is 1. The summed E-state index contributed by atoms with van der Waals surface area (Å²) in [4.78, 5) is 5.93. The van der Waals surface area contributed by atoms with Crippen LogP contribution in [-0.2, 0) is 5.54 Å². The second-order valence-corrected chi connectivity index (χ2v) is 4.32. The number of likely N-dealkylation sites (N-methyl/N-ethyl adjacent to an activating group) is 1. The third-order valence-corrected chi connectivity index (χ3v) is 3.37. The smallest absolute Gasteiger partial charge is 0.191 e. The Balaban J connectivity index is 2.55. The first-order valence-electron chi connectivity index (χ1n) is 5.37. The van der Waals surface area contributed by atoms with Gasteiger partial charge in [-0.25, -0.2) is 4.39 Å². The topological polar surface area (TPSA) is 50.9 Å². The Morgan fingerprint density at radius 1 is 1.53 bits per heavy atom. The summed E-state index contributed by atoms with van der Waals surface area (Å²) in [5.74, 6) is 0.630. The molecule has 1 unspecified atom stereocenters. The lowest BCUT2D eigenvalue weighted by Gasteiger charge is -2.34. The van der Waals surface area contributed by atoms with Gasteiger partial charge in [-0.2, -0.15) is 0 Å². The second-order valence-electron chi connectivity index (χ2n) is 4.32. The molecule has 0 fully saturated rings. The molecule has 0 radical (unpaired) electrons. The molecule has 17 heavy (non-hydrogen) atoms. The Hall–Kier alpha value is -1.78. The van der Waals surface area contributed by atoms with Crippen LogP contribution in [0.2, 0.25) is 0 Å². The summed E-state index contributed by atoms with van der Waals surface area (Å²) in [6.45, 7) is 2.32. The monoisotopic (exact) mass is 237 g/mol. The van der Waals surface area contributed by atoms with Crippen molar-refractivity contribution in [3.8, 4) is 5.75 Å². The van der Waals surface area contributed by atoms with Crippen LogP contribution in [0.25, 0.3) is 0 Å². The summed E-state index contributed by atoms with van der Waals surface area (Å²) in [5, 5.41) is 0. The van der Waals surface area contributed by atoms with Gasteiger partial charge in [-0.15, -0.1) is 0 Å². The highest BCUT2D eigenvalue weighted by atomic mass is 19.1. The van der Waals surface area contributed by atoms with Gasteiger partial charge in [0.2, 0.25) is 0 Å². The van der Waals surface area contributed by atoms with Crippen LogP contribution in [0.1, 0.15) is 12.5 Å². The molecule has 0 amide bonds. The van der Waals surface area contributed by atoms with Gasteiger partial charge in [0.1, 0.15) is 11.6 Å². The van der Waals surface area contributed by atoms with Crippen molar-refractivity contribution < 1.29 is 9.13 Å². The van der Waals surface area contributed by atoms with E-state index in [0.717, 1.165) is 0 Å². The highest BCUT2D eigenvalue weighted by molar-refractivity contribution is 5.81. The van der Waals surface area contributed by atoms with Crippen LogP contribution in [0.3, 0.4) is 0 Å². The highest BCUT2D eigenvalue weighted by Gasteiger charge is 2.41. The Morgan fingerprint density at radius 3 is 2.76 bits per heavy atom. The van der Waals surface area contributed by atoms with Crippen molar-refractivity contribution in [1.29, 1.82) is 0 Å². The number of hydrogen-bond donors (Lipinski definition) is 1. The minimum absolute atomic E-state index is 0.302. The number of ether oxygens (including phenoxy) is 1. The number of guanidine groups is 1.